The maximum absolute atomic E-state index is 13.1. The molecule has 2 amide bonds. The molecule has 1 atom stereocenters. The number of anilines is 1. The number of ether oxygens (including phenoxy) is 1. The maximum Gasteiger partial charge on any atom is 0.319 e. The maximum atomic E-state index is 13.1. The zero-order valence-electron chi connectivity index (χ0n) is 20.2. The standard InChI is InChI=1S/C29H34N2O2/c1-18(2)22-11-8-12-23(19(3)4)28(22)31-29(32)30-16-26-24-10-7-6-9-21(24)17-33-27-14-13-20(5)15-25(26)27/h6-15,18-19,26H,16-17H2,1-5H3,(H2,30,31,32). The smallest absolute Gasteiger partial charge is 0.319 e. The molecule has 4 heteroatoms. The summed E-state index contributed by atoms with van der Waals surface area (Å²) in [7, 11) is 0. The van der Waals surface area contributed by atoms with Gasteiger partial charge in [-0.05, 0) is 47.1 Å². The highest BCUT2D eigenvalue weighted by Gasteiger charge is 2.25. The number of hydrogen-bond donors (Lipinski definition) is 2. The number of benzene rings is 3. The quantitative estimate of drug-likeness (QED) is 0.443. The number of fused-ring (bicyclic) bond motifs is 2. The summed E-state index contributed by atoms with van der Waals surface area (Å²) in [6.45, 7) is 11.7. The summed E-state index contributed by atoms with van der Waals surface area (Å²) < 4.78 is 6.12. The van der Waals surface area contributed by atoms with E-state index in [1.165, 1.54) is 11.1 Å². The molecule has 0 radical (unpaired) electrons. The molecule has 4 nitrogen and oxygen atoms in total. The van der Waals surface area contributed by atoms with Crippen molar-refractivity contribution in [1.82, 2.24) is 5.32 Å². The van der Waals surface area contributed by atoms with Crippen molar-refractivity contribution >= 4 is 11.7 Å². The fraction of sp³-hybridized carbons (Fsp3) is 0.345. The van der Waals surface area contributed by atoms with Crippen LogP contribution in [0.25, 0.3) is 0 Å². The summed E-state index contributed by atoms with van der Waals surface area (Å²) in [5, 5.41) is 6.33. The summed E-state index contributed by atoms with van der Waals surface area (Å²) in [6, 6.07) is 20.7. The van der Waals surface area contributed by atoms with Crippen molar-refractivity contribution in [3.63, 3.8) is 0 Å². The molecule has 3 aromatic carbocycles. The van der Waals surface area contributed by atoms with Crippen LogP contribution >= 0.6 is 0 Å². The van der Waals surface area contributed by atoms with Crippen LogP contribution in [-0.4, -0.2) is 12.6 Å². The topological polar surface area (TPSA) is 50.4 Å². The lowest BCUT2D eigenvalue weighted by atomic mass is 9.87. The van der Waals surface area contributed by atoms with E-state index in [1.807, 2.05) is 12.1 Å². The van der Waals surface area contributed by atoms with Crippen molar-refractivity contribution in [2.45, 2.75) is 59.0 Å². The van der Waals surface area contributed by atoms with Crippen LogP contribution in [0.5, 0.6) is 5.75 Å². The van der Waals surface area contributed by atoms with Gasteiger partial charge in [0, 0.05) is 23.7 Å². The van der Waals surface area contributed by atoms with Gasteiger partial charge in [-0.1, -0.05) is 87.9 Å². The summed E-state index contributed by atoms with van der Waals surface area (Å²) >= 11 is 0. The van der Waals surface area contributed by atoms with Gasteiger partial charge in [-0.3, -0.25) is 0 Å². The molecule has 0 spiro atoms. The van der Waals surface area contributed by atoms with Crippen LogP contribution in [-0.2, 0) is 6.61 Å². The number of rotatable bonds is 5. The van der Waals surface area contributed by atoms with Gasteiger partial charge in [-0.25, -0.2) is 4.79 Å². The van der Waals surface area contributed by atoms with E-state index >= 15 is 0 Å². The lowest BCUT2D eigenvalue weighted by Crippen LogP contribution is -2.33. The number of carbonyl (C=O) groups is 1. The minimum absolute atomic E-state index is 0.0225. The van der Waals surface area contributed by atoms with Gasteiger partial charge in [0.1, 0.15) is 12.4 Å². The molecular weight excluding hydrogens is 408 g/mol. The predicted molar refractivity (Wildman–Crippen MR) is 135 cm³/mol. The molecule has 2 N–H and O–H groups in total. The predicted octanol–water partition coefficient (Wildman–Crippen LogP) is 7.09. The molecule has 0 saturated carbocycles. The van der Waals surface area contributed by atoms with Crippen LogP contribution < -0.4 is 15.4 Å². The Hall–Kier alpha value is -3.27. The Morgan fingerprint density at radius 1 is 0.939 bits per heavy atom. The second-order valence-corrected chi connectivity index (χ2v) is 9.54. The van der Waals surface area contributed by atoms with E-state index in [4.69, 9.17) is 4.74 Å². The minimum atomic E-state index is -0.179. The molecular formula is C29H34N2O2. The third-order valence-electron chi connectivity index (χ3n) is 6.43. The van der Waals surface area contributed by atoms with Gasteiger partial charge in [0.15, 0.2) is 0 Å². The highest BCUT2D eigenvalue weighted by Crippen LogP contribution is 2.38. The number of amides is 2. The zero-order chi connectivity index (χ0) is 23.5. The Morgan fingerprint density at radius 2 is 1.64 bits per heavy atom. The average Bonchev–Trinajstić information content (AvgIpc) is 2.94. The van der Waals surface area contributed by atoms with E-state index in [-0.39, 0.29) is 11.9 Å². The molecule has 0 fully saturated rings. The Bertz CT molecular complexity index is 1120. The second-order valence-electron chi connectivity index (χ2n) is 9.54. The molecule has 1 aliphatic heterocycles. The van der Waals surface area contributed by atoms with Gasteiger partial charge in [0.25, 0.3) is 0 Å². The van der Waals surface area contributed by atoms with E-state index in [1.54, 1.807) is 0 Å². The Labute approximate surface area is 197 Å². The van der Waals surface area contributed by atoms with E-state index in [0.717, 1.165) is 33.7 Å². The Kier molecular flexibility index (Phi) is 6.73. The summed E-state index contributed by atoms with van der Waals surface area (Å²) in [5.41, 5.74) is 7.90. The average molecular weight is 443 g/mol. The Morgan fingerprint density at radius 3 is 2.33 bits per heavy atom. The third-order valence-corrected chi connectivity index (χ3v) is 6.43. The van der Waals surface area contributed by atoms with E-state index < -0.39 is 0 Å². The van der Waals surface area contributed by atoms with Crippen molar-refractivity contribution in [2.75, 3.05) is 11.9 Å². The van der Waals surface area contributed by atoms with E-state index in [2.05, 4.69) is 93.8 Å². The van der Waals surface area contributed by atoms with Crippen LogP contribution in [0, 0.1) is 6.92 Å². The van der Waals surface area contributed by atoms with Crippen LogP contribution in [0.4, 0.5) is 10.5 Å². The first-order valence-corrected chi connectivity index (χ1v) is 11.8. The summed E-state index contributed by atoms with van der Waals surface area (Å²) in [4.78, 5) is 13.1. The molecule has 172 valence electrons. The fourth-order valence-corrected chi connectivity index (χ4v) is 4.67. The molecule has 0 aliphatic carbocycles. The highest BCUT2D eigenvalue weighted by molar-refractivity contribution is 5.91. The van der Waals surface area contributed by atoms with Gasteiger partial charge in [-0.2, -0.15) is 0 Å². The van der Waals surface area contributed by atoms with E-state index in [0.29, 0.717) is 25.0 Å². The molecule has 0 bridgehead atoms. The first-order chi connectivity index (χ1) is 15.8. The number of nitrogens with one attached hydrogen (secondary N) is 2. The third kappa shape index (κ3) is 4.90. The second kappa shape index (κ2) is 9.70. The van der Waals surface area contributed by atoms with Gasteiger partial charge < -0.3 is 15.4 Å². The largest absolute Gasteiger partial charge is 0.489 e. The monoisotopic (exact) mass is 442 g/mol. The van der Waals surface area contributed by atoms with Gasteiger partial charge in [0.05, 0.1) is 0 Å². The minimum Gasteiger partial charge on any atom is -0.489 e. The molecule has 0 aromatic heterocycles. The van der Waals surface area contributed by atoms with Crippen molar-refractivity contribution in [3.8, 4) is 5.75 Å². The number of para-hydroxylation sites is 1. The molecule has 33 heavy (non-hydrogen) atoms. The SMILES string of the molecule is Cc1ccc2c(c1)C(CNC(=O)Nc1c(C(C)C)cccc1C(C)C)c1ccccc1CO2. The molecule has 0 saturated heterocycles. The zero-order valence-corrected chi connectivity index (χ0v) is 20.2. The van der Waals surface area contributed by atoms with Crippen molar-refractivity contribution in [2.24, 2.45) is 0 Å². The molecule has 1 heterocycles. The van der Waals surface area contributed by atoms with Crippen molar-refractivity contribution in [3.05, 3.63) is 94.0 Å². The number of hydrogen-bond acceptors (Lipinski definition) is 2. The number of aryl methyl sites for hydroxylation is 1. The molecule has 3 aromatic rings. The van der Waals surface area contributed by atoms with Crippen molar-refractivity contribution < 1.29 is 9.53 Å². The number of urea groups is 1. The highest BCUT2D eigenvalue weighted by atomic mass is 16.5. The van der Waals surface area contributed by atoms with Crippen LogP contribution in [0.1, 0.15) is 78.8 Å². The number of carbonyl (C=O) groups excluding carboxylic acids is 1. The van der Waals surface area contributed by atoms with Gasteiger partial charge in [-0.15, -0.1) is 0 Å². The van der Waals surface area contributed by atoms with Crippen LogP contribution in [0.2, 0.25) is 0 Å². The lowest BCUT2D eigenvalue weighted by Gasteiger charge is -2.22. The summed E-state index contributed by atoms with van der Waals surface area (Å²) in [6.07, 6.45) is 0. The first-order valence-electron chi connectivity index (χ1n) is 11.8. The molecule has 4 rings (SSSR count). The van der Waals surface area contributed by atoms with E-state index in [9.17, 15) is 4.79 Å². The fourth-order valence-electron chi connectivity index (χ4n) is 4.67. The first kappa shape index (κ1) is 22.9. The van der Waals surface area contributed by atoms with Crippen LogP contribution in [0.15, 0.2) is 60.7 Å². The van der Waals surface area contributed by atoms with Crippen molar-refractivity contribution in [1.29, 1.82) is 0 Å². The summed E-state index contributed by atoms with van der Waals surface area (Å²) in [5.74, 6) is 1.55. The lowest BCUT2D eigenvalue weighted by molar-refractivity contribution is 0.251. The van der Waals surface area contributed by atoms with Crippen LogP contribution in [0.3, 0.4) is 0 Å². The molecule has 1 unspecified atom stereocenters. The van der Waals surface area contributed by atoms with Gasteiger partial charge >= 0.3 is 6.03 Å². The molecule has 1 aliphatic rings. The van der Waals surface area contributed by atoms with Gasteiger partial charge in [0.2, 0.25) is 0 Å². The Balaban J connectivity index is 1.61. The normalized spacial score (nSPS) is 14.8.